The first-order valence-electron chi connectivity index (χ1n) is 12.5. The van der Waals surface area contributed by atoms with Gasteiger partial charge in [-0.05, 0) is 67.6 Å². The molecule has 38 heavy (non-hydrogen) atoms. The number of aromatic hydroxyl groups is 1. The molecule has 9 heteroatoms. The summed E-state index contributed by atoms with van der Waals surface area (Å²) in [5.41, 5.74) is 5.25. The summed E-state index contributed by atoms with van der Waals surface area (Å²) in [6, 6.07) is 10.0. The summed E-state index contributed by atoms with van der Waals surface area (Å²) in [4.78, 5) is 40.7. The third kappa shape index (κ3) is 3.42. The average Bonchev–Trinajstić information content (AvgIpc) is 2.86. The zero-order valence-corrected chi connectivity index (χ0v) is 21.4. The van der Waals surface area contributed by atoms with Crippen molar-refractivity contribution in [3.05, 3.63) is 70.0 Å². The number of aryl methyl sites for hydroxylation is 1. The van der Waals surface area contributed by atoms with Gasteiger partial charge in [0.15, 0.2) is 11.4 Å². The van der Waals surface area contributed by atoms with E-state index in [9.17, 15) is 34.8 Å². The number of phenolic OH excluding ortho intramolecular Hbond substituents is 1. The van der Waals surface area contributed by atoms with Crippen molar-refractivity contribution in [2.75, 3.05) is 14.1 Å². The van der Waals surface area contributed by atoms with Crippen molar-refractivity contribution in [1.29, 1.82) is 0 Å². The largest absolute Gasteiger partial charge is 0.508 e. The molecule has 1 saturated carbocycles. The number of likely N-dealkylation sites (N-methyl/N-ethyl adjacent to an activating group) is 1. The summed E-state index contributed by atoms with van der Waals surface area (Å²) >= 11 is 0. The molecule has 0 radical (unpaired) electrons. The van der Waals surface area contributed by atoms with Gasteiger partial charge in [-0.2, -0.15) is 0 Å². The lowest BCUT2D eigenvalue weighted by molar-refractivity contribution is -0.153. The predicted octanol–water partition coefficient (Wildman–Crippen LogP) is 2.19. The Morgan fingerprint density at radius 1 is 1.08 bits per heavy atom. The van der Waals surface area contributed by atoms with E-state index in [1.165, 1.54) is 11.0 Å². The number of hydrogen-bond acceptors (Lipinski definition) is 8. The number of ketones is 2. The number of carbonyl (C=O) groups is 3. The molecular formula is C29H30N2O7. The van der Waals surface area contributed by atoms with Crippen LogP contribution in [0.3, 0.4) is 0 Å². The molecule has 0 saturated heterocycles. The fourth-order valence-electron chi connectivity index (χ4n) is 6.43. The number of primary amides is 1. The highest BCUT2D eigenvalue weighted by Crippen LogP contribution is 2.53. The van der Waals surface area contributed by atoms with E-state index in [4.69, 9.17) is 5.73 Å². The lowest BCUT2D eigenvalue weighted by Gasteiger charge is -2.50. The Bertz CT molecular complexity index is 1450. The number of benzene rings is 2. The van der Waals surface area contributed by atoms with E-state index < -0.39 is 58.0 Å². The van der Waals surface area contributed by atoms with Crippen LogP contribution in [0.25, 0.3) is 16.9 Å². The van der Waals surface area contributed by atoms with Crippen molar-refractivity contribution < 1.29 is 34.8 Å². The van der Waals surface area contributed by atoms with Gasteiger partial charge in [0.1, 0.15) is 22.8 Å². The SMILES string of the molecule is CCc1ccc(-c2ccc(O)c3c2CC2CC4C(N(C)C)C(=O)C(C(N)=O)=C(O)C4(O)C(=O)C2=C3O)cc1. The Balaban J connectivity index is 1.72. The second-order valence-electron chi connectivity index (χ2n) is 10.5. The minimum Gasteiger partial charge on any atom is -0.508 e. The van der Waals surface area contributed by atoms with Crippen molar-refractivity contribution in [3.63, 3.8) is 0 Å². The van der Waals surface area contributed by atoms with Gasteiger partial charge in [0.25, 0.3) is 5.91 Å². The third-order valence-corrected chi connectivity index (χ3v) is 8.28. The summed E-state index contributed by atoms with van der Waals surface area (Å²) in [5.74, 6) is -6.60. The first kappa shape index (κ1) is 25.7. The Kier molecular flexibility index (Phi) is 5.96. The van der Waals surface area contributed by atoms with E-state index in [0.29, 0.717) is 5.56 Å². The van der Waals surface area contributed by atoms with Crippen molar-refractivity contribution in [2.45, 2.75) is 37.8 Å². The maximum atomic E-state index is 13.9. The summed E-state index contributed by atoms with van der Waals surface area (Å²) in [6.45, 7) is 2.05. The molecule has 4 unspecified atom stereocenters. The molecule has 2 aromatic carbocycles. The predicted molar refractivity (Wildman–Crippen MR) is 139 cm³/mol. The molecule has 5 rings (SSSR count). The molecule has 1 amide bonds. The molecule has 0 bridgehead atoms. The van der Waals surface area contributed by atoms with Gasteiger partial charge in [-0.3, -0.25) is 19.3 Å². The van der Waals surface area contributed by atoms with E-state index in [1.54, 1.807) is 20.2 Å². The Morgan fingerprint density at radius 3 is 2.32 bits per heavy atom. The number of fused-ring (bicyclic) bond motifs is 3. The number of aliphatic hydroxyl groups excluding tert-OH is 2. The molecule has 0 spiro atoms. The van der Waals surface area contributed by atoms with E-state index in [2.05, 4.69) is 6.92 Å². The molecule has 0 heterocycles. The average molecular weight is 519 g/mol. The van der Waals surface area contributed by atoms with Gasteiger partial charge in [-0.1, -0.05) is 37.3 Å². The van der Waals surface area contributed by atoms with Gasteiger partial charge >= 0.3 is 0 Å². The summed E-state index contributed by atoms with van der Waals surface area (Å²) in [6.07, 6.45) is 1.17. The van der Waals surface area contributed by atoms with Crippen molar-refractivity contribution in [1.82, 2.24) is 4.90 Å². The number of nitrogens with zero attached hydrogens (tertiary/aromatic N) is 1. The van der Waals surface area contributed by atoms with Gasteiger partial charge in [0.05, 0.1) is 11.6 Å². The van der Waals surface area contributed by atoms with Crippen LogP contribution in [0.1, 0.15) is 30.0 Å². The van der Waals surface area contributed by atoms with Gasteiger partial charge in [0, 0.05) is 11.5 Å². The first-order chi connectivity index (χ1) is 17.9. The number of aliphatic hydroxyl groups is 3. The van der Waals surface area contributed by atoms with Crippen molar-refractivity contribution in [3.8, 4) is 16.9 Å². The summed E-state index contributed by atoms with van der Waals surface area (Å²) < 4.78 is 0. The van der Waals surface area contributed by atoms with Crippen LogP contribution in [0, 0.1) is 11.8 Å². The van der Waals surface area contributed by atoms with Gasteiger partial charge in [-0.15, -0.1) is 0 Å². The number of phenols is 1. The van der Waals surface area contributed by atoms with Crippen LogP contribution in [-0.4, -0.2) is 68.5 Å². The molecular weight excluding hydrogens is 488 g/mol. The van der Waals surface area contributed by atoms with Gasteiger partial charge in [-0.25, -0.2) is 0 Å². The normalized spacial score (nSPS) is 26.8. The molecule has 4 atom stereocenters. The van der Waals surface area contributed by atoms with Crippen molar-refractivity contribution >= 4 is 23.2 Å². The van der Waals surface area contributed by atoms with Crippen LogP contribution in [-0.2, 0) is 27.2 Å². The first-order valence-corrected chi connectivity index (χ1v) is 12.5. The Morgan fingerprint density at radius 2 is 1.74 bits per heavy atom. The minimum absolute atomic E-state index is 0.0512. The summed E-state index contributed by atoms with van der Waals surface area (Å²) in [7, 11) is 3.15. The van der Waals surface area contributed by atoms with E-state index >= 15 is 0 Å². The molecule has 198 valence electrons. The zero-order chi connectivity index (χ0) is 27.7. The fourth-order valence-corrected chi connectivity index (χ4v) is 6.43. The molecule has 3 aliphatic rings. The van der Waals surface area contributed by atoms with Crippen LogP contribution in [0.5, 0.6) is 5.75 Å². The highest BCUT2D eigenvalue weighted by atomic mass is 16.3. The highest BCUT2D eigenvalue weighted by molar-refractivity contribution is 6.24. The van der Waals surface area contributed by atoms with Crippen LogP contribution in [0.15, 0.2) is 53.3 Å². The topological polar surface area (TPSA) is 161 Å². The molecule has 0 aliphatic heterocycles. The van der Waals surface area contributed by atoms with E-state index in [1.807, 2.05) is 24.3 Å². The lowest BCUT2D eigenvalue weighted by Crippen LogP contribution is -2.65. The molecule has 3 aliphatic carbocycles. The third-order valence-electron chi connectivity index (χ3n) is 8.28. The molecule has 0 aromatic heterocycles. The maximum Gasteiger partial charge on any atom is 0.255 e. The Labute approximate surface area is 219 Å². The van der Waals surface area contributed by atoms with Crippen LogP contribution >= 0.6 is 0 Å². The summed E-state index contributed by atoms with van der Waals surface area (Å²) in [5, 5.41) is 44.7. The number of rotatable bonds is 4. The standard InChI is InChI=1S/C29H30N2O7/c1-4-13-5-7-14(8-6-13)16-9-10-19(32)21-17(16)11-15-12-18-23(31(2)3)25(34)22(28(30)37)27(36)29(18,38)26(35)20(15)24(21)33/h5-10,15,18,23,32-33,36,38H,4,11-12H2,1-3H3,(H2,30,37). The molecule has 1 fully saturated rings. The lowest BCUT2D eigenvalue weighted by atomic mass is 9.57. The second kappa shape index (κ2) is 8.82. The number of carbonyl (C=O) groups excluding carboxylic acids is 3. The Hall–Kier alpha value is -3.95. The highest BCUT2D eigenvalue weighted by Gasteiger charge is 2.64. The molecule has 6 N–H and O–H groups in total. The minimum atomic E-state index is -2.65. The smallest absolute Gasteiger partial charge is 0.255 e. The monoisotopic (exact) mass is 518 g/mol. The number of nitrogens with two attached hydrogens (primary N) is 1. The van der Waals surface area contributed by atoms with Crippen molar-refractivity contribution in [2.24, 2.45) is 17.6 Å². The van der Waals surface area contributed by atoms with Crippen LogP contribution < -0.4 is 5.73 Å². The van der Waals surface area contributed by atoms with E-state index in [0.717, 1.165) is 23.1 Å². The van der Waals surface area contributed by atoms with E-state index in [-0.39, 0.29) is 29.7 Å². The maximum absolute atomic E-state index is 13.9. The second-order valence-corrected chi connectivity index (χ2v) is 10.5. The van der Waals surface area contributed by atoms with Gasteiger partial charge in [0.2, 0.25) is 5.78 Å². The van der Waals surface area contributed by atoms with Crippen LogP contribution in [0.4, 0.5) is 0 Å². The van der Waals surface area contributed by atoms with Gasteiger partial charge < -0.3 is 26.2 Å². The number of Topliss-reactive ketones (excluding diaryl/α,β-unsaturated/α-hetero) is 2. The quantitative estimate of drug-likeness (QED) is 0.385. The zero-order valence-electron chi connectivity index (χ0n) is 21.4. The molecule has 9 nitrogen and oxygen atoms in total. The number of amides is 1. The van der Waals surface area contributed by atoms with Crippen LogP contribution in [0.2, 0.25) is 0 Å². The number of hydrogen-bond donors (Lipinski definition) is 5. The molecule has 2 aromatic rings. The fraction of sp³-hybridized carbons (Fsp3) is 0.345.